The van der Waals surface area contributed by atoms with Crippen LogP contribution in [-0.4, -0.2) is 24.5 Å². The van der Waals surface area contributed by atoms with Crippen molar-refractivity contribution < 1.29 is 64.3 Å². The number of rotatable bonds is 3. The fraction of sp³-hybridized carbons (Fsp3) is 0.500. The van der Waals surface area contributed by atoms with Crippen LogP contribution in [0.2, 0.25) is 0 Å². The van der Waals surface area contributed by atoms with Gasteiger partial charge in [-0.15, -0.1) is 5.46 Å². The third-order valence-corrected chi connectivity index (χ3v) is 3.43. The molecular formula is C12H16BF3KN. The van der Waals surface area contributed by atoms with Gasteiger partial charge in [0.25, 0.3) is 0 Å². The molecule has 1 atom stereocenters. The van der Waals surface area contributed by atoms with Gasteiger partial charge in [0, 0.05) is 12.6 Å². The van der Waals surface area contributed by atoms with E-state index in [4.69, 9.17) is 0 Å². The van der Waals surface area contributed by atoms with Crippen LogP contribution in [0.5, 0.6) is 0 Å². The molecule has 18 heavy (non-hydrogen) atoms. The zero-order valence-corrected chi connectivity index (χ0v) is 14.0. The number of hydrogen-bond donors (Lipinski definition) is 0. The van der Waals surface area contributed by atoms with Crippen LogP contribution in [-0.2, 0) is 6.54 Å². The predicted molar refractivity (Wildman–Crippen MR) is 64.3 cm³/mol. The van der Waals surface area contributed by atoms with Crippen LogP contribution in [0.4, 0.5) is 12.9 Å². The summed E-state index contributed by atoms with van der Waals surface area (Å²) in [5.74, 6) is 0. The minimum atomic E-state index is -4.86. The summed E-state index contributed by atoms with van der Waals surface area (Å²) in [5, 5.41) is 0. The summed E-state index contributed by atoms with van der Waals surface area (Å²) in [6.07, 6.45) is 2.37. The number of nitrogens with zero attached hydrogens (tertiary/aromatic N) is 1. The van der Waals surface area contributed by atoms with Crippen LogP contribution in [0.25, 0.3) is 0 Å². The summed E-state index contributed by atoms with van der Waals surface area (Å²) in [6, 6.07) is 6.11. The summed E-state index contributed by atoms with van der Waals surface area (Å²) in [7, 11) is 0. The normalized spacial score (nSPS) is 20.8. The molecule has 1 fully saturated rings. The van der Waals surface area contributed by atoms with E-state index in [1.54, 1.807) is 12.1 Å². The quantitative estimate of drug-likeness (QED) is 0.689. The Kier molecular flexibility index (Phi) is 6.42. The van der Waals surface area contributed by atoms with Gasteiger partial charge in [-0.05, 0) is 31.9 Å². The minimum Gasteiger partial charge on any atom is -0.445 e. The van der Waals surface area contributed by atoms with E-state index in [2.05, 4.69) is 11.8 Å². The fourth-order valence-corrected chi connectivity index (χ4v) is 2.30. The third kappa shape index (κ3) is 4.35. The third-order valence-electron chi connectivity index (χ3n) is 3.43. The maximum Gasteiger partial charge on any atom is 1.00 e. The van der Waals surface area contributed by atoms with Gasteiger partial charge >= 0.3 is 58.4 Å². The van der Waals surface area contributed by atoms with E-state index in [9.17, 15) is 12.9 Å². The molecule has 0 N–H and O–H groups in total. The molecule has 1 nitrogen and oxygen atoms in total. The number of likely N-dealkylation sites (tertiary alicyclic amines) is 1. The van der Waals surface area contributed by atoms with E-state index in [1.165, 1.54) is 25.0 Å². The zero-order valence-electron chi connectivity index (χ0n) is 10.9. The van der Waals surface area contributed by atoms with Crippen molar-refractivity contribution in [1.82, 2.24) is 4.90 Å². The second-order valence-corrected chi connectivity index (χ2v) is 4.78. The van der Waals surface area contributed by atoms with Gasteiger partial charge in [-0.1, -0.05) is 24.3 Å². The molecule has 0 radical (unpaired) electrons. The smallest absolute Gasteiger partial charge is 0.445 e. The van der Waals surface area contributed by atoms with E-state index >= 15 is 0 Å². The average Bonchev–Trinajstić information content (AvgIpc) is 2.64. The van der Waals surface area contributed by atoms with Gasteiger partial charge in [-0.3, -0.25) is 4.90 Å². The van der Waals surface area contributed by atoms with Crippen LogP contribution >= 0.6 is 0 Å². The molecule has 1 heterocycles. The molecule has 1 aliphatic rings. The molecule has 0 spiro atoms. The molecule has 0 saturated carbocycles. The number of benzene rings is 1. The van der Waals surface area contributed by atoms with Crippen molar-refractivity contribution in [3.8, 4) is 0 Å². The average molecular weight is 281 g/mol. The van der Waals surface area contributed by atoms with Crippen molar-refractivity contribution in [1.29, 1.82) is 0 Å². The van der Waals surface area contributed by atoms with Crippen molar-refractivity contribution in [3.05, 3.63) is 29.8 Å². The molecule has 1 saturated heterocycles. The molecule has 0 bridgehead atoms. The second kappa shape index (κ2) is 6.90. The van der Waals surface area contributed by atoms with Gasteiger partial charge in [0.2, 0.25) is 0 Å². The zero-order chi connectivity index (χ0) is 12.5. The van der Waals surface area contributed by atoms with Crippen molar-refractivity contribution in [2.24, 2.45) is 0 Å². The Morgan fingerprint density at radius 1 is 1.22 bits per heavy atom. The molecule has 2 rings (SSSR count). The minimum absolute atomic E-state index is 0. The van der Waals surface area contributed by atoms with Gasteiger partial charge in [0.1, 0.15) is 0 Å². The van der Waals surface area contributed by atoms with Crippen LogP contribution in [0, 0.1) is 0 Å². The Hall–Kier alpha value is 0.671. The van der Waals surface area contributed by atoms with Crippen molar-refractivity contribution in [3.63, 3.8) is 0 Å². The van der Waals surface area contributed by atoms with E-state index in [0.29, 0.717) is 6.04 Å². The molecule has 6 heteroatoms. The van der Waals surface area contributed by atoms with Gasteiger partial charge in [-0.25, -0.2) is 0 Å². The summed E-state index contributed by atoms with van der Waals surface area (Å²) < 4.78 is 37.3. The molecule has 1 aliphatic heterocycles. The van der Waals surface area contributed by atoms with Crippen LogP contribution in [0.1, 0.15) is 25.3 Å². The standard InChI is InChI=1S/C12H16BF3N.K/c1-10-3-2-8-17(10)9-11-4-6-12(7-5-11)13(14,15)16;/h4-7,10H,2-3,8-9H2,1H3;/q-1;+1. The first kappa shape index (κ1) is 16.7. The van der Waals surface area contributed by atoms with E-state index in [0.717, 1.165) is 18.7 Å². The van der Waals surface area contributed by atoms with Crippen LogP contribution in [0.15, 0.2) is 24.3 Å². The van der Waals surface area contributed by atoms with E-state index in [-0.39, 0.29) is 51.4 Å². The summed E-state index contributed by atoms with van der Waals surface area (Å²) in [5.41, 5.74) is 0.450. The van der Waals surface area contributed by atoms with Gasteiger partial charge in [-0.2, -0.15) is 0 Å². The van der Waals surface area contributed by atoms with Gasteiger partial charge in [0.05, 0.1) is 0 Å². The van der Waals surface area contributed by atoms with Crippen molar-refractivity contribution in [2.45, 2.75) is 32.4 Å². The van der Waals surface area contributed by atoms with Crippen LogP contribution < -0.4 is 56.8 Å². The Labute approximate surface area is 149 Å². The maximum atomic E-state index is 12.4. The summed E-state index contributed by atoms with van der Waals surface area (Å²) in [6.45, 7) is -0.892. The number of hydrogen-bond acceptors (Lipinski definition) is 1. The first-order valence-corrected chi connectivity index (χ1v) is 5.99. The largest absolute Gasteiger partial charge is 1.00 e. The topological polar surface area (TPSA) is 3.24 Å². The molecular weight excluding hydrogens is 265 g/mol. The van der Waals surface area contributed by atoms with E-state index < -0.39 is 12.4 Å². The van der Waals surface area contributed by atoms with Gasteiger partial charge in [0.15, 0.2) is 0 Å². The Morgan fingerprint density at radius 3 is 2.28 bits per heavy atom. The SMILES string of the molecule is CC1CCCN1Cc1ccc([B-](F)(F)F)cc1.[K+]. The van der Waals surface area contributed by atoms with Gasteiger partial charge < -0.3 is 12.9 Å². The molecule has 1 aromatic carbocycles. The van der Waals surface area contributed by atoms with Crippen LogP contribution in [0.3, 0.4) is 0 Å². The Balaban J connectivity index is 0.00000162. The second-order valence-electron chi connectivity index (χ2n) is 4.78. The first-order chi connectivity index (χ1) is 7.97. The molecule has 0 aliphatic carbocycles. The molecule has 0 amide bonds. The number of halogens is 3. The van der Waals surface area contributed by atoms with Crippen molar-refractivity contribution in [2.75, 3.05) is 6.54 Å². The van der Waals surface area contributed by atoms with Crippen molar-refractivity contribution >= 4 is 12.4 Å². The molecule has 1 aromatic rings. The predicted octanol–water partition coefficient (Wildman–Crippen LogP) is -0.271. The Morgan fingerprint density at radius 2 is 1.83 bits per heavy atom. The van der Waals surface area contributed by atoms with E-state index in [1.807, 2.05) is 0 Å². The Bertz CT molecular complexity index is 380. The molecule has 0 aromatic heterocycles. The fourth-order valence-electron chi connectivity index (χ4n) is 2.30. The first-order valence-electron chi connectivity index (χ1n) is 5.99. The monoisotopic (exact) mass is 281 g/mol. The summed E-state index contributed by atoms with van der Waals surface area (Å²) >= 11 is 0. The molecule has 94 valence electrons. The maximum absolute atomic E-state index is 12.4. The molecule has 1 unspecified atom stereocenters. The summed E-state index contributed by atoms with van der Waals surface area (Å²) in [4.78, 5) is 2.31.